The molecule has 0 spiro atoms. The molecule has 0 heterocycles. The quantitative estimate of drug-likeness (QED) is 0.749. The van der Waals surface area contributed by atoms with Crippen LogP contribution in [0.1, 0.15) is 36.5 Å². The van der Waals surface area contributed by atoms with E-state index < -0.39 is 0 Å². The van der Waals surface area contributed by atoms with Crippen LogP contribution < -0.4 is 4.74 Å². The smallest absolute Gasteiger partial charge is 0.122 e. The van der Waals surface area contributed by atoms with Gasteiger partial charge in [-0.1, -0.05) is 56.3 Å². The van der Waals surface area contributed by atoms with E-state index in [1.54, 1.807) is 0 Å². The highest BCUT2D eigenvalue weighted by Gasteiger charge is 2.04. The maximum atomic E-state index is 5.93. The van der Waals surface area contributed by atoms with Gasteiger partial charge >= 0.3 is 0 Å². The average Bonchev–Trinajstić information content (AvgIpc) is 2.42. The van der Waals surface area contributed by atoms with Gasteiger partial charge < -0.3 is 4.74 Å². The van der Waals surface area contributed by atoms with Crippen LogP contribution in [0.25, 0.3) is 0 Å². The van der Waals surface area contributed by atoms with Crippen molar-refractivity contribution in [3.63, 3.8) is 0 Å². The van der Waals surface area contributed by atoms with Gasteiger partial charge in [0.05, 0.1) is 6.61 Å². The van der Waals surface area contributed by atoms with Gasteiger partial charge in [-0.25, -0.2) is 0 Å². The van der Waals surface area contributed by atoms with E-state index in [2.05, 4.69) is 63.2 Å². The third-order valence-electron chi connectivity index (χ3n) is 3.37. The van der Waals surface area contributed by atoms with E-state index in [0.29, 0.717) is 5.92 Å². The van der Waals surface area contributed by atoms with E-state index in [1.807, 2.05) is 6.07 Å². The molecule has 2 rings (SSSR count). The lowest BCUT2D eigenvalue weighted by molar-refractivity contribution is 0.319. The molecule has 2 aromatic carbocycles. The van der Waals surface area contributed by atoms with E-state index in [1.165, 1.54) is 16.7 Å². The van der Waals surface area contributed by atoms with Gasteiger partial charge in [0, 0.05) is 6.42 Å². The molecule has 0 radical (unpaired) electrons. The molecule has 100 valence electrons. The molecule has 0 aromatic heterocycles. The van der Waals surface area contributed by atoms with Crippen molar-refractivity contribution in [2.45, 2.75) is 33.1 Å². The molecular weight excluding hydrogens is 232 g/mol. The molecule has 0 aliphatic carbocycles. The summed E-state index contributed by atoms with van der Waals surface area (Å²) in [5.41, 5.74) is 3.86. The van der Waals surface area contributed by atoms with Gasteiger partial charge in [-0.3, -0.25) is 0 Å². The second kappa shape index (κ2) is 6.42. The van der Waals surface area contributed by atoms with Crippen molar-refractivity contribution in [3.05, 3.63) is 65.2 Å². The lowest BCUT2D eigenvalue weighted by Crippen LogP contribution is -2.03. The summed E-state index contributed by atoms with van der Waals surface area (Å²) in [6.45, 7) is 7.24. The molecule has 0 aliphatic rings. The summed E-state index contributed by atoms with van der Waals surface area (Å²) in [5.74, 6) is 1.55. The molecule has 19 heavy (non-hydrogen) atoms. The van der Waals surface area contributed by atoms with Gasteiger partial charge in [-0.15, -0.1) is 0 Å². The Labute approximate surface area is 116 Å². The van der Waals surface area contributed by atoms with Gasteiger partial charge in [0.15, 0.2) is 0 Å². The molecule has 0 saturated carbocycles. The molecule has 2 aromatic rings. The Morgan fingerprint density at radius 3 is 2.42 bits per heavy atom. The predicted octanol–water partition coefficient (Wildman–Crippen LogP) is 4.74. The Hall–Kier alpha value is -1.76. The lowest BCUT2D eigenvalue weighted by atomic mass is 10.0. The monoisotopic (exact) mass is 254 g/mol. The first kappa shape index (κ1) is 13.7. The summed E-state index contributed by atoms with van der Waals surface area (Å²) >= 11 is 0. The summed E-state index contributed by atoms with van der Waals surface area (Å²) < 4.78 is 5.93. The van der Waals surface area contributed by atoms with Gasteiger partial charge in [0.1, 0.15) is 5.75 Å². The van der Waals surface area contributed by atoms with E-state index in [9.17, 15) is 0 Å². The second-order valence-corrected chi connectivity index (χ2v) is 5.26. The topological polar surface area (TPSA) is 9.23 Å². The Kier molecular flexibility index (Phi) is 4.62. The third-order valence-corrected chi connectivity index (χ3v) is 3.37. The van der Waals surface area contributed by atoms with Crippen LogP contribution in [-0.2, 0) is 6.42 Å². The second-order valence-electron chi connectivity index (χ2n) is 5.26. The van der Waals surface area contributed by atoms with Crippen LogP contribution >= 0.6 is 0 Å². The molecule has 0 unspecified atom stereocenters. The van der Waals surface area contributed by atoms with Crippen molar-refractivity contribution < 1.29 is 4.74 Å². The fourth-order valence-electron chi connectivity index (χ4n) is 2.05. The summed E-state index contributed by atoms with van der Waals surface area (Å²) in [7, 11) is 0. The highest BCUT2D eigenvalue weighted by molar-refractivity contribution is 5.37. The van der Waals surface area contributed by atoms with Crippen molar-refractivity contribution in [2.75, 3.05) is 6.61 Å². The van der Waals surface area contributed by atoms with Crippen molar-refractivity contribution in [2.24, 2.45) is 0 Å². The van der Waals surface area contributed by atoms with Gasteiger partial charge in [0.2, 0.25) is 0 Å². The average molecular weight is 254 g/mol. The van der Waals surface area contributed by atoms with Crippen LogP contribution in [0.15, 0.2) is 48.5 Å². The summed E-state index contributed by atoms with van der Waals surface area (Å²) in [6.07, 6.45) is 0.951. The van der Waals surface area contributed by atoms with Crippen molar-refractivity contribution >= 4 is 0 Å². The molecule has 0 fully saturated rings. The van der Waals surface area contributed by atoms with E-state index in [0.717, 1.165) is 18.8 Å². The fraction of sp³-hybridized carbons (Fsp3) is 0.333. The van der Waals surface area contributed by atoms with E-state index in [-0.39, 0.29) is 0 Å². The first-order valence-corrected chi connectivity index (χ1v) is 6.94. The van der Waals surface area contributed by atoms with E-state index >= 15 is 0 Å². The number of hydrogen-bond acceptors (Lipinski definition) is 1. The number of aryl methyl sites for hydroxylation is 1. The molecule has 0 aliphatic heterocycles. The first-order chi connectivity index (χ1) is 9.16. The summed E-state index contributed by atoms with van der Waals surface area (Å²) in [5, 5.41) is 0. The number of ether oxygens (including phenoxy) is 1. The Bertz CT molecular complexity index is 514. The van der Waals surface area contributed by atoms with Crippen LogP contribution in [0.2, 0.25) is 0 Å². The molecule has 0 amide bonds. The van der Waals surface area contributed by atoms with Crippen LogP contribution in [0.3, 0.4) is 0 Å². The van der Waals surface area contributed by atoms with Crippen molar-refractivity contribution in [3.8, 4) is 5.75 Å². The standard InChI is InChI=1S/C18H22O/c1-14(2)17-10-9-15(3)18(13-17)19-12-11-16-7-5-4-6-8-16/h4-10,13-14H,11-12H2,1-3H3. The largest absolute Gasteiger partial charge is 0.493 e. The summed E-state index contributed by atoms with van der Waals surface area (Å²) in [4.78, 5) is 0. The van der Waals surface area contributed by atoms with Crippen LogP contribution in [-0.4, -0.2) is 6.61 Å². The predicted molar refractivity (Wildman–Crippen MR) is 80.9 cm³/mol. The zero-order valence-electron chi connectivity index (χ0n) is 12.0. The van der Waals surface area contributed by atoms with Crippen LogP contribution in [0.5, 0.6) is 5.75 Å². The number of benzene rings is 2. The van der Waals surface area contributed by atoms with Gasteiger partial charge in [-0.05, 0) is 35.6 Å². The van der Waals surface area contributed by atoms with Crippen molar-refractivity contribution in [1.29, 1.82) is 0 Å². The molecule has 0 N–H and O–H groups in total. The minimum atomic E-state index is 0.539. The highest BCUT2D eigenvalue weighted by atomic mass is 16.5. The maximum Gasteiger partial charge on any atom is 0.122 e. The molecule has 1 heteroatoms. The lowest BCUT2D eigenvalue weighted by Gasteiger charge is -2.12. The summed E-state index contributed by atoms with van der Waals surface area (Å²) in [6, 6.07) is 17.0. The van der Waals surface area contributed by atoms with Gasteiger partial charge in [-0.2, -0.15) is 0 Å². The Morgan fingerprint density at radius 2 is 1.74 bits per heavy atom. The number of hydrogen-bond donors (Lipinski definition) is 0. The molecular formula is C18H22O. The minimum absolute atomic E-state index is 0.539. The van der Waals surface area contributed by atoms with Crippen LogP contribution in [0, 0.1) is 6.92 Å². The molecule has 1 nitrogen and oxygen atoms in total. The van der Waals surface area contributed by atoms with Crippen LogP contribution in [0.4, 0.5) is 0 Å². The zero-order valence-corrected chi connectivity index (χ0v) is 12.0. The third kappa shape index (κ3) is 3.85. The molecule has 0 atom stereocenters. The highest BCUT2D eigenvalue weighted by Crippen LogP contribution is 2.24. The maximum absolute atomic E-state index is 5.93. The Morgan fingerprint density at radius 1 is 1.00 bits per heavy atom. The molecule has 0 bridgehead atoms. The Balaban J connectivity index is 1.97. The van der Waals surface area contributed by atoms with Crippen molar-refractivity contribution in [1.82, 2.24) is 0 Å². The SMILES string of the molecule is Cc1ccc(C(C)C)cc1OCCc1ccccc1. The normalized spacial score (nSPS) is 10.7. The fourth-order valence-corrected chi connectivity index (χ4v) is 2.05. The first-order valence-electron chi connectivity index (χ1n) is 6.94. The number of rotatable bonds is 5. The zero-order chi connectivity index (χ0) is 13.7. The minimum Gasteiger partial charge on any atom is -0.493 e. The van der Waals surface area contributed by atoms with Gasteiger partial charge in [0.25, 0.3) is 0 Å². The molecule has 0 saturated heterocycles. The van der Waals surface area contributed by atoms with E-state index in [4.69, 9.17) is 4.74 Å².